The van der Waals surface area contributed by atoms with Crippen LogP contribution in [-0.4, -0.2) is 84.0 Å². The Hall–Kier alpha value is -1.81. The Bertz CT molecular complexity index is 611. The molecule has 0 aromatic carbocycles. The molecule has 2 aliphatic rings. The van der Waals surface area contributed by atoms with Crippen molar-refractivity contribution in [3.8, 4) is 0 Å². The van der Waals surface area contributed by atoms with Gasteiger partial charge in [-0.25, -0.2) is 4.98 Å². The third-order valence-electron chi connectivity index (χ3n) is 4.79. The summed E-state index contributed by atoms with van der Waals surface area (Å²) in [6, 6.07) is 0.463. The topological polar surface area (TPSA) is 57.9 Å². The van der Waals surface area contributed by atoms with Crippen LogP contribution in [0.4, 0.5) is 13.2 Å². The van der Waals surface area contributed by atoms with Crippen molar-refractivity contribution in [3.05, 3.63) is 18.2 Å². The van der Waals surface area contributed by atoms with Gasteiger partial charge < -0.3 is 19.5 Å². The molecule has 0 bridgehead atoms. The molecule has 26 heavy (non-hydrogen) atoms. The maximum absolute atomic E-state index is 12.6. The van der Waals surface area contributed by atoms with Gasteiger partial charge in [-0.15, -0.1) is 0 Å². The third-order valence-corrected chi connectivity index (χ3v) is 4.79. The van der Waals surface area contributed by atoms with Gasteiger partial charge in [0.05, 0.1) is 19.8 Å². The van der Waals surface area contributed by atoms with E-state index in [9.17, 15) is 13.2 Å². The predicted molar refractivity (Wildman–Crippen MR) is 90.9 cm³/mol. The lowest BCUT2D eigenvalue weighted by molar-refractivity contribution is -0.141. The van der Waals surface area contributed by atoms with Crippen molar-refractivity contribution >= 4 is 5.96 Å². The molecule has 0 radical (unpaired) electrons. The maximum Gasteiger partial charge on any atom is 0.406 e. The van der Waals surface area contributed by atoms with Gasteiger partial charge in [0.2, 0.25) is 0 Å². The van der Waals surface area contributed by atoms with Crippen LogP contribution in [-0.2, 0) is 17.8 Å². The molecular formula is C16H25F3N6O. The summed E-state index contributed by atoms with van der Waals surface area (Å²) >= 11 is 0. The monoisotopic (exact) mass is 374 g/mol. The Balaban J connectivity index is 1.53. The smallest absolute Gasteiger partial charge is 0.379 e. The van der Waals surface area contributed by atoms with Gasteiger partial charge in [0, 0.05) is 51.7 Å². The van der Waals surface area contributed by atoms with Crippen LogP contribution in [0.3, 0.4) is 0 Å². The van der Waals surface area contributed by atoms with Crippen LogP contribution in [0.15, 0.2) is 17.4 Å². The zero-order valence-electron chi connectivity index (χ0n) is 14.9. The fourth-order valence-corrected chi connectivity index (χ4v) is 3.51. The number of guanidine groups is 1. The van der Waals surface area contributed by atoms with Gasteiger partial charge in [-0.05, 0) is 6.42 Å². The lowest BCUT2D eigenvalue weighted by Crippen LogP contribution is -2.46. The van der Waals surface area contributed by atoms with E-state index in [4.69, 9.17) is 4.74 Å². The Kier molecular flexibility index (Phi) is 6.02. The highest BCUT2D eigenvalue weighted by Crippen LogP contribution is 2.19. The minimum Gasteiger partial charge on any atom is -0.379 e. The summed E-state index contributed by atoms with van der Waals surface area (Å²) in [5.74, 6) is 1.04. The zero-order valence-corrected chi connectivity index (χ0v) is 14.9. The highest BCUT2D eigenvalue weighted by Gasteiger charge is 2.31. The molecule has 2 aliphatic heterocycles. The van der Waals surface area contributed by atoms with E-state index in [2.05, 4.69) is 25.1 Å². The Morgan fingerprint density at radius 1 is 1.35 bits per heavy atom. The summed E-state index contributed by atoms with van der Waals surface area (Å²) in [7, 11) is 1.69. The van der Waals surface area contributed by atoms with E-state index in [0.717, 1.165) is 50.4 Å². The second-order valence-corrected chi connectivity index (χ2v) is 6.52. The SMILES string of the molecule is CN=C(NCc1nccn1CC(F)(F)F)N1CCC(N2CCOCC2)C1. The number of rotatable bonds is 4. The quantitative estimate of drug-likeness (QED) is 0.628. The Morgan fingerprint density at radius 2 is 2.12 bits per heavy atom. The van der Waals surface area contributed by atoms with Gasteiger partial charge in [-0.1, -0.05) is 0 Å². The number of likely N-dealkylation sites (tertiary alicyclic amines) is 1. The maximum atomic E-state index is 12.6. The first-order valence-electron chi connectivity index (χ1n) is 8.80. The van der Waals surface area contributed by atoms with Crippen molar-refractivity contribution in [2.24, 2.45) is 4.99 Å². The van der Waals surface area contributed by atoms with Crippen molar-refractivity contribution in [1.82, 2.24) is 24.7 Å². The normalized spacial score (nSPS) is 22.8. The summed E-state index contributed by atoms with van der Waals surface area (Å²) in [5, 5.41) is 3.15. The summed E-state index contributed by atoms with van der Waals surface area (Å²) in [6.45, 7) is 4.32. The molecule has 0 amide bonds. The minimum absolute atomic E-state index is 0.203. The van der Waals surface area contributed by atoms with E-state index in [-0.39, 0.29) is 6.54 Å². The number of alkyl halides is 3. The van der Waals surface area contributed by atoms with Crippen molar-refractivity contribution in [1.29, 1.82) is 0 Å². The number of nitrogens with one attached hydrogen (secondary N) is 1. The molecule has 0 saturated carbocycles. The molecule has 0 aliphatic carbocycles. The van der Waals surface area contributed by atoms with Gasteiger partial charge in [0.1, 0.15) is 12.4 Å². The number of nitrogens with zero attached hydrogens (tertiary/aromatic N) is 5. The second-order valence-electron chi connectivity index (χ2n) is 6.52. The number of aromatic nitrogens is 2. The highest BCUT2D eigenvalue weighted by molar-refractivity contribution is 5.80. The van der Waals surface area contributed by atoms with Crippen LogP contribution in [0.25, 0.3) is 0 Å². The number of imidazole rings is 1. The van der Waals surface area contributed by atoms with Crippen LogP contribution in [0.1, 0.15) is 12.2 Å². The number of halogens is 3. The molecule has 3 heterocycles. The van der Waals surface area contributed by atoms with Gasteiger partial charge in [0.25, 0.3) is 0 Å². The molecular weight excluding hydrogens is 349 g/mol. The van der Waals surface area contributed by atoms with Crippen LogP contribution >= 0.6 is 0 Å². The van der Waals surface area contributed by atoms with Crippen LogP contribution in [0.5, 0.6) is 0 Å². The Labute approximate surface area is 150 Å². The summed E-state index contributed by atoms with van der Waals surface area (Å²) in [6.07, 6.45) is -0.492. The lowest BCUT2D eigenvalue weighted by atomic mass is 10.2. The fraction of sp³-hybridized carbons (Fsp3) is 0.750. The van der Waals surface area contributed by atoms with Crippen molar-refractivity contribution in [2.75, 3.05) is 46.4 Å². The van der Waals surface area contributed by atoms with Gasteiger partial charge in [0.15, 0.2) is 5.96 Å². The number of morpholine rings is 1. The van der Waals surface area contributed by atoms with E-state index < -0.39 is 12.7 Å². The van der Waals surface area contributed by atoms with Gasteiger partial charge in [-0.3, -0.25) is 9.89 Å². The number of hydrogen-bond acceptors (Lipinski definition) is 4. The first kappa shape index (κ1) is 19.0. The second kappa shape index (κ2) is 8.26. The summed E-state index contributed by atoms with van der Waals surface area (Å²) < 4.78 is 44.4. The summed E-state index contributed by atoms with van der Waals surface area (Å²) in [4.78, 5) is 12.9. The molecule has 3 rings (SSSR count). The summed E-state index contributed by atoms with van der Waals surface area (Å²) in [5.41, 5.74) is 0. The van der Waals surface area contributed by atoms with E-state index >= 15 is 0 Å². The predicted octanol–water partition coefficient (Wildman–Crippen LogP) is 0.927. The zero-order chi connectivity index (χ0) is 18.6. The molecule has 0 spiro atoms. The third kappa shape index (κ3) is 4.88. The van der Waals surface area contributed by atoms with E-state index in [0.29, 0.717) is 17.8 Å². The first-order valence-corrected chi connectivity index (χ1v) is 8.80. The molecule has 1 aromatic heterocycles. The Morgan fingerprint density at radius 3 is 2.81 bits per heavy atom. The van der Waals surface area contributed by atoms with Crippen LogP contribution in [0, 0.1) is 0 Å². The average Bonchev–Trinajstić information content (AvgIpc) is 3.25. The van der Waals surface area contributed by atoms with E-state index in [1.165, 1.54) is 12.4 Å². The molecule has 7 nitrogen and oxygen atoms in total. The molecule has 1 atom stereocenters. The molecule has 146 valence electrons. The molecule has 1 aromatic rings. The van der Waals surface area contributed by atoms with Crippen LogP contribution < -0.4 is 5.32 Å². The van der Waals surface area contributed by atoms with Crippen molar-refractivity contribution in [2.45, 2.75) is 31.7 Å². The lowest BCUT2D eigenvalue weighted by Gasteiger charge is -2.32. The largest absolute Gasteiger partial charge is 0.406 e. The van der Waals surface area contributed by atoms with Crippen LogP contribution in [0.2, 0.25) is 0 Å². The number of aliphatic imine (C=N–C) groups is 1. The standard InChI is InChI=1S/C16H25F3N6O/c1-20-15(22-10-14-21-3-5-25(14)12-16(17,18)19)24-4-2-13(11-24)23-6-8-26-9-7-23/h3,5,13H,2,4,6-12H2,1H3,(H,20,22). The van der Waals surface area contributed by atoms with Crippen molar-refractivity contribution < 1.29 is 17.9 Å². The highest BCUT2D eigenvalue weighted by atomic mass is 19.4. The van der Waals surface area contributed by atoms with Gasteiger partial charge >= 0.3 is 6.18 Å². The van der Waals surface area contributed by atoms with Gasteiger partial charge in [-0.2, -0.15) is 13.2 Å². The molecule has 2 fully saturated rings. The number of hydrogen-bond donors (Lipinski definition) is 1. The van der Waals surface area contributed by atoms with E-state index in [1.54, 1.807) is 7.05 Å². The molecule has 1 unspecified atom stereocenters. The van der Waals surface area contributed by atoms with E-state index in [1.807, 2.05) is 0 Å². The first-order chi connectivity index (χ1) is 12.5. The van der Waals surface area contributed by atoms with Crippen molar-refractivity contribution in [3.63, 3.8) is 0 Å². The molecule has 10 heteroatoms. The average molecular weight is 374 g/mol. The number of ether oxygens (including phenoxy) is 1. The minimum atomic E-state index is -4.27. The molecule has 1 N–H and O–H groups in total. The fourth-order valence-electron chi connectivity index (χ4n) is 3.51. The molecule has 2 saturated heterocycles.